The Hall–Kier alpha value is -2.02. The highest BCUT2D eigenvalue weighted by atomic mass is 15.0. The Bertz CT molecular complexity index is 626. The van der Waals surface area contributed by atoms with Crippen molar-refractivity contribution >= 4 is 10.9 Å². The summed E-state index contributed by atoms with van der Waals surface area (Å²) < 4.78 is 9.95. The zero-order valence-corrected chi connectivity index (χ0v) is 8.22. The number of para-hydroxylation sites is 2. The molecule has 0 radical (unpaired) electrons. The maximum Gasteiger partial charge on any atom is 0.0822 e. The second-order valence-electron chi connectivity index (χ2n) is 3.50. The fraction of sp³-hybridized carbons (Fsp3) is 0. The van der Waals surface area contributed by atoms with E-state index >= 15 is 0 Å². The molecule has 0 fully saturated rings. The van der Waals surface area contributed by atoms with Crippen LogP contribution in [-0.2, 0) is 0 Å². The summed E-state index contributed by atoms with van der Waals surface area (Å²) in [4.78, 5) is 0. The molecule has 0 spiro atoms. The largest absolute Gasteiger partial charge is 0.317 e. The predicted molar refractivity (Wildman–Crippen MR) is 63.3 cm³/mol. The standard InChI is InChI=1S/C14H11N/c1-2-7-13(8-3-1)15-11-10-12-6-4-5-9-14(12)15/h1-11H/i11D. The molecule has 0 atom stereocenters. The van der Waals surface area contributed by atoms with Gasteiger partial charge in [-0.15, -0.1) is 0 Å². The molecular formula is C14H11N. The number of nitrogens with zero attached hydrogens (tertiary/aromatic N) is 1. The minimum Gasteiger partial charge on any atom is -0.317 e. The molecule has 0 aliphatic heterocycles. The fourth-order valence-corrected chi connectivity index (χ4v) is 1.81. The van der Waals surface area contributed by atoms with Crippen molar-refractivity contribution < 1.29 is 1.37 Å². The van der Waals surface area contributed by atoms with Crippen LogP contribution in [0.2, 0.25) is 0 Å². The van der Waals surface area contributed by atoms with E-state index in [0.717, 1.165) is 16.6 Å². The van der Waals surface area contributed by atoms with E-state index in [1.807, 2.05) is 65.2 Å². The Morgan fingerprint density at radius 3 is 2.40 bits per heavy atom. The van der Waals surface area contributed by atoms with E-state index in [2.05, 4.69) is 0 Å². The van der Waals surface area contributed by atoms with Crippen LogP contribution < -0.4 is 0 Å². The number of benzene rings is 2. The van der Waals surface area contributed by atoms with Crippen LogP contribution in [0.25, 0.3) is 16.6 Å². The van der Waals surface area contributed by atoms with Gasteiger partial charge in [0.25, 0.3) is 0 Å². The van der Waals surface area contributed by atoms with Gasteiger partial charge in [0, 0.05) is 11.9 Å². The second kappa shape index (κ2) is 3.28. The molecule has 1 heterocycles. The summed E-state index contributed by atoms with van der Waals surface area (Å²) in [7, 11) is 0. The molecule has 0 aliphatic rings. The van der Waals surface area contributed by atoms with Crippen molar-refractivity contribution in [3.63, 3.8) is 0 Å². The lowest BCUT2D eigenvalue weighted by Gasteiger charge is -2.04. The van der Waals surface area contributed by atoms with Crippen molar-refractivity contribution in [3.05, 3.63) is 66.8 Å². The lowest BCUT2D eigenvalue weighted by Crippen LogP contribution is -1.89. The van der Waals surface area contributed by atoms with Gasteiger partial charge in [0.15, 0.2) is 0 Å². The average molecular weight is 194 g/mol. The van der Waals surface area contributed by atoms with Crippen molar-refractivity contribution in [1.82, 2.24) is 4.57 Å². The smallest absolute Gasteiger partial charge is 0.0822 e. The summed E-state index contributed by atoms with van der Waals surface area (Å²) in [6, 6.07) is 20.0. The normalized spacial score (nSPS) is 11.6. The molecule has 2 aromatic carbocycles. The fourth-order valence-electron chi connectivity index (χ4n) is 1.81. The van der Waals surface area contributed by atoms with Crippen LogP contribution in [0, 0.1) is 0 Å². The summed E-state index contributed by atoms with van der Waals surface area (Å²) in [5.74, 6) is 0. The predicted octanol–water partition coefficient (Wildman–Crippen LogP) is 3.63. The highest BCUT2D eigenvalue weighted by molar-refractivity contribution is 5.81. The van der Waals surface area contributed by atoms with Crippen LogP contribution in [0.4, 0.5) is 0 Å². The van der Waals surface area contributed by atoms with Crippen LogP contribution >= 0.6 is 0 Å². The molecule has 0 unspecified atom stereocenters. The van der Waals surface area contributed by atoms with Gasteiger partial charge in [-0.3, -0.25) is 0 Å². The number of rotatable bonds is 1. The van der Waals surface area contributed by atoms with Gasteiger partial charge in [-0.25, -0.2) is 0 Å². The minimum atomic E-state index is 0.521. The topological polar surface area (TPSA) is 4.93 Å². The summed E-state index contributed by atoms with van der Waals surface area (Å²) >= 11 is 0. The molecule has 3 aromatic rings. The SMILES string of the molecule is [2H]c1cc2ccccc2n1-c1ccccc1. The third kappa shape index (κ3) is 1.33. The molecule has 15 heavy (non-hydrogen) atoms. The lowest BCUT2D eigenvalue weighted by atomic mass is 10.2. The maximum absolute atomic E-state index is 8.00. The summed E-state index contributed by atoms with van der Waals surface area (Å²) in [6.45, 7) is 0. The maximum atomic E-state index is 8.00. The zero-order valence-electron chi connectivity index (χ0n) is 9.22. The molecule has 72 valence electrons. The van der Waals surface area contributed by atoms with Gasteiger partial charge in [-0.1, -0.05) is 36.4 Å². The van der Waals surface area contributed by atoms with Crippen molar-refractivity contribution in [2.24, 2.45) is 0 Å². The summed E-state index contributed by atoms with van der Waals surface area (Å²) in [5.41, 5.74) is 2.12. The molecule has 0 N–H and O–H groups in total. The van der Waals surface area contributed by atoms with Crippen LogP contribution in [0.1, 0.15) is 1.37 Å². The number of fused-ring (bicyclic) bond motifs is 1. The Morgan fingerprint density at radius 2 is 1.53 bits per heavy atom. The van der Waals surface area contributed by atoms with E-state index in [1.165, 1.54) is 0 Å². The number of hydrogen-bond acceptors (Lipinski definition) is 0. The average Bonchev–Trinajstić information content (AvgIpc) is 2.66. The third-order valence-corrected chi connectivity index (χ3v) is 2.54. The summed E-state index contributed by atoms with van der Waals surface area (Å²) in [6.07, 6.45) is 0.521. The third-order valence-electron chi connectivity index (χ3n) is 2.54. The van der Waals surface area contributed by atoms with Crippen LogP contribution in [0.5, 0.6) is 0 Å². The molecule has 0 saturated heterocycles. The molecule has 0 aliphatic carbocycles. The quantitative estimate of drug-likeness (QED) is 0.557. The van der Waals surface area contributed by atoms with Crippen molar-refractivity contribution in [1.29, 1.82) is 0 Å². The van der Waals surface area contributed by atoms with Gasteiger partial charge < -0.3 is 4.57 Å². The summed E-state index contributed by atoms with van der Waals surface area (Å²) in [5, 5.41) is 1.11. The van der Waals surface area contributed by atoms with Crippen molar-refractivity contribution in [3.8, 4) is 5.69 Å². The first-order valence-electron chi connectivity index (χ1n) is 5.49. The lowest BCUT2D eigenvalue weighted by molar-refractivity contribution is 1.13. The Balaban J connectivity index is 2.35. The van der Waals surface area contributed by atoms with E-state index in [1.54, 1.807) is 0 Å². The Kier molecular flexibility index (Phi) is 1.60. The second-order valence-corrected chi connectivity index (χ2v) is 3.50. The number of hydrogen-bond donors (Lipinski definition) is 0. The Morgan fingerprint density at radius 1 is 0.800 bits per heavy atom. The van der Waals surface area contributed by atoms with Gasteiger partial charge in [0.05, 0.1) is 6.89 Å². The zero-order chi connectivity index (χ0) is 11.0. The van der Waals surface area contributed by atoms with Crippen LogP contribution in [0.3, 0.4) is 0 Å². The molecule has 1 nitrogen and oxygen atoms in total. The van der Waals surface area contributed by atoms with Crippen LogP contribution in [0.15, 0.2) is 66.8 Å². The number of aromatic nitrogens is 1. The first-order valence-corrected chi connectivity index (χ1v) is 4.99. The highest BCUT2D eigenvalue weighted by Gasteiger charge is 2.00. The van der Waals surface area contributed by atoms with E-state index in [-0.39, 0.29) is 0 Å². The Labute approximate surface area is 90.0 Å². The molecule has 3 rings (SSSR count). The minimum absolute atomic E-state index is 0.521. The highest BCUT2D eigenvalue weighted by Crippen LogP contribution is 2.19. The molecule has 1 heteroatoms. The van der Waals surface area contributed by atoms with Gasteiger partial charge in [0.1, 0.15) is 0 Å². The molecule has 1 aromatic heterocycles. The molecule has 0 bridgehead atoms. The first-order chi connectivity index (χ1) is 7.86. The van der Waals surface area contributed by atoms with Crippen LogP contribution in [-0.4, -0.2) is 4.57 Å². The van der Waals surface area contributed by atoms with E-state index in [0.29, 0.717) is 6.17 Å². The van der Waals surface area contributed by atoms with Gasteiger partial charge in [-0.2, -0.15) is 0 Å². The first kappa shape index (κ1) is 7.30. The molecular weight excluding hydrogens is 182 g/mol. The van der Waals surface area contributed by atoms with Crippen molar-refractivity contribution in [2.75, 3.05) is 0 Å². The van der Waals surface area contributed by atoms with E-state index in [9.17, 15) is 0 Å². The van der Waals surface area contributed by atoms with E-state index in [4.69, 9.17) is 1.37 Å². The van der Waals surface area contributed by atoms with Gasteiger partial charge in [-0.05, 0) is 29.7 Å². The van der Waals surface area contributed by atoms with Crippen molar-refractivity contribution in [2.45, 2.75) is 0 Å². The molecule has 0 amide bonds. The van der Waals surface area contributed by atoms with Gasteiger partial charge in [0.2, 0.25) is 0 Å². The molecule has 0 saturated carbocycles. The van der Waals surface area contributed by atoms with E-state index < -0.39 is 0 Å². The monoisotopic (exact) mass is 194 g/mol. The van der Waals surface area contributed by atoms with Gasteiger partial charge >= 0.3 is 0 Å².